The van der Waals surface area contributed by atoms with E-state index in [1.54, 1.807) is 6.33 Å². The number of nitrogens with zero attached hydrogens (tertiary/aromatic N) is 3. The van der Waals surface area contributed by atoms with Crippen molar-refractivity contribution in [1.29, 1.82) is 0 Å². The van der Waals surface area contributed by atoms with E-state index in [-0.39, 0.29) is 0 Å². The first kappa shape index (κ1) is 8.68. The minimum atomic E-state index is 1.03. The zero-order valence-electron chi connectivity index (χ0n) is 7.11. The maximum atomic E-state index is 4.23. The van der Waals surface area contributed by atoms with Crippen molar-refractivity contribution in [2.24, 2.45) is 0 Å². The lowest BCUT2D eigenvalue weighted by molar-refractivity contribution is 1.19. The fraction of sp³-hybridized carbons (Fsp3) is 0.111. The molecule has 0 saturated heterocycles. The summed E-state index contributed by atoms with van der Waals surface area (Å²) in [6.07, 6.45) is 5.47. The van der Waals surface area contributed by atoms with Crippen LogP contribution in [0, 0.1) is 6.92 Å². The Morgan fingerprint density at radius 3 is 2.69 bits per heavy atom. The first-order chi connectivity index (χ1) is 6.27. The van der Waals surface area contributed by atoms with Crippen LogP contribution in [-0.2, 0) is 0 Å². The average Bonchev–Trinajstić information content (AvgIpc) is 2.53. The van der Waals surface area contributed by atoms with Crippen molar-refractivity contribution in [3.8, 4) is 11.3 Å². The second-order valence-corrected chi connectivity index (χ2v) is 3.82. The van der Waals surface area contributed by atoms with Crippen molar-refractivity contribution in [3.63, 3.8) is 0 Å². The molecule has 4 heteroatoms. The molecule has 0 bridgehead atoms. The molecule has 2 heterocycles. The van der Waals surface area contributed by atoms with Gasteiger partial charge in [0.05, 0.1) is 34.8 Å². The molecule has 0 aromatic carbocycles. The van der Waals surface area contributed by atoms with Crippen molar-refractivity contribution < 1.29 is 0 Å². The highest BCUT2D eigenvalue weighted by Crippen LogP contribution is 2.19. The lowest BCUT2D eigenvalue weighted by Gasteiger charge is -1.99. The van der Waals surface area contributed by atoms with Crippen LogP contribution in [0.5, 0.6) is 0 Å². The number of aromatic nitrogens is 3. The van der Waals surface area contributed by atoms with Crippen LogP contribution < -0.4 is 0 Å². The summed E-state index contributed by atoms with van der Waals surface area (Å²) in [5, 5.41) is 0. The third kappa shape index (κ3) is 1.72. The minimum absolute atomic E-state index is 1.03. The van der Waals surface area contributed by atoms with Crippen LogP contribution in [0.1, 0.15) is 5.69 Å². The Labute approximate surface area is 90.3 Å². The Morgan fingerprint density at radius 2 is 2.15 bits per heavy atom. The van der Waals surface area contributed by atoms with E-state index in [1.807, 2.05) is 28.2 Å². The number of pyridine rings is 1. The number of hydrogen-bond acceptors (Lipinski definition) is 2. The molecule has 0 atom stereocenters. The van der Waals surface area contributed by atoms with Crippen molar-refractivity contribution >= 4 is 22.9 Å². The maximum Gasteiger partial charge on any atom is 0.104 e. The monoisotopic (exact) mass is 285 g/mol. The van der Waals surface area contributed by atoms with Gasteiger partial charge in [0, 0.05) is 17.5 Å². The third-order valence-corrected chi connectivity index (χ3v) is 2.57. The summed E-state index contributed by atoms with van der Waals surface area (Å²) in [5.41, 5.74) is 3.20. The first-order valence-electron chi connectivity index (χ1n) is 3.89. The third-order valence-electron chi connectivity index (χ3n) is 1.80. The van der Waals surface area contributed by atoms with Crippen molar-refractivity contribution in [3.05, 3.63) is 36.5 Å². The Kier molecular flexibility index (Phi) is 2.30. The lowest BCUT2D eigenvalue weighted by atomic mass is 10.2. The Morgan fingerprint density at radius 1 is 1.31 bits per heavy atom. The van der Waals surface area contributed by atoms with Gasteiger partial charge in [0.25, 0.3) is 0 Å². The highest BCUT2D eigenvalue weighted by Gasteiger charge is 2.02. The summed E-state index contributed by atoms with van der Waals surface area (Å²) < 4.78 is 1.95. The molecule has 0 N–H and O–H groups in total. The number of aryl methyl sites for hydroxylation is 1. The number of halogens is 1. The molecule has 2 aromatic heterocycles. The van der Waals surface area contributed by atoms with Crippen LogP contribution >= 0.6 is 22.9 Å². The smallest absolute Gasteiger partial charge is 0.104 e. The molecule has 66 valence electrons. The van der Waals surface area contributed by atoms with Gasteiger partial charge in [-0.05, 0) is 19.1 Å². The van der Waals surface area contributed by atoms with Gasteiger partial charge < -0.3 is 0 Å². The second kappa shape index (κ2) is 3.45. The molecular weight excluding hydrogens is 277 g/mol. The van der Waals surface area contributed by atoms with Gasteiger partial charge in [-0.1, -0.05) is 0 Å². The largest absolute Gasteiger partial charge is 0.271 e. The van der Waals surface area contributed by atoms with Gasteiger partial charge in [0.1, 0.15) is 6.33 Å². The number of imidazole rings is 1. The quantitative estimate of drug-likeness (QED) is 0.753. The molecule has 3 nitrogen and oxygen atoms in total. The summed E-state index contributed by atoms with van der Waals surface area (Å²) >= 11 is 2.19. The molecule has 0 unspecified atom stereocenters. The van der Waals surface area contributed by atoms with Gasteiger partial charge in [-0.25, -0.2) is 4.98 Å². The van der Waals surface area contributed by atoms with Gasteiger partial charge in [-0.15, -0.1) is 0 Å². The SMILES string of the molecule is Cc1ccc(-c2cncn2I)cn1. The van der Waals surface area contributed by atoms with E-state index in [4.69, 9.17) is 0 Å². The van der Waals surface area contributed by atoms with Crippen LogP contribution in [0.2, 0.25) is 0 Å². The van der Waals surface area contributed by atoms with Gasteiger partial charge in [-0.3, -0.25) is 7.76 Å². The fourth-order valence-corrected chi connectivity index (χ4v) is 1.64. The molecule has 2 rings (SSSR count). The van der Waals surface area contributed by atoms with E-state index in [0.29, 0.717) is 0 Å². The normalized spacial score (nSPS) is 10.3. The molecule has 0 spiro atoms. The molecule has 0 amide bonds. The molecule has 0 aliphatic heterocycles. The van der Waals surface area contributed by atoms with Gasteiger partial charge in [0.2, 0.25) is 0 Å². The van der Waals surface area contributed by atoms with Crippen molar-refractivity contribution in [2.45, 2.75) is 6.92 Å². The Hall–Kier alpha value is -0.910. The van der Waals surface area contributed by atoms with Crippen molar-refractivity contribution in [1.82, 2.24) is 12.7 Å². The summed E-state index contributed by atoms with van der Waals surface area (Å²) in [7, 11) is 0. The van der Waals surface area contributed by atoms with Gasteiger partial charge in [-0.2, -0.15) is 0 Å². The van der Waals surface area contributed by atoms with Crippen LogP contribution in [0.15, 0.2) is 30.9 Å². The van der Waals surface area contributed by atoms with E-state index in [2.05, 4.69) is 38.9 Å². The van der Waals surface area contributed by atoms with Crippen LogP contribution in [0.3, 0.4) is 0 Å². The van der Waals surface area contributed by atoms with Crippen LogP contribution in [0.25, 0.3) is 11.3 Å². The van der Waals surface area contributed by atoms with E-state index in [0.717, 1.165) is 17.0 Å². The van der Waals surface area contributed by atoms with Gasteiger partial charge >= 0.3 is 0 Å². The number of rotatable bonds is 1. The van der Waals surface area contributed by atoms with Gasteiger partial charge in [0.15, 0.2) is 0 Å². The van der Waals surface area contributed by atoms with Crippen LogP contribution in [-0.4, -0.2) is 12.7 Å². The van der Waals surface area contributed by atoms with Crippen molar-refractivity contribution in [2.75, 3.05) is 0 Å². The molecule has 0 saturated carbocycles. The molecule has 2 aromatic rings. The second-order valence-electron chi connectivity index (χ2n) is 2.78. The van der Waals surface area contributed by atoms with E-state index in [1.165, 1.54) is 0 Å². The Balaban J connectivity index is 2.47. The molecule has 0 aliphatic rings. The standard InChI is InChI=1S/C9H8IN3/c1-7-2-3-8(4-12-7)9-5-11-6-13(9)10/h2-6H,1H3. The summed E-state index contributed by atoms with van der Waals surface area (Å²) in [4.78, 5) is 8.28. The summed E-state index contributed by atoms with van der Waals surface area (Å²) in [5.74, 6) is 0. The molecule has 0 fully saturated rings. The maximum absolute atomic E-state index is 4.23. The predicted octanol–water partition coefficient (Wildman–Crippen LogP) is 2.45. The first-order valence-corrected chi connectivity index (χ1v) is 4.85. The molecule has 0 radical (unpaired) electrons. The zero-order chi connectivity index (χ0) is 9.26. The Bertz CT molecular complexity index is 405. The molecule has 13 heavy (non-hydrogen) atoms. The van der Waals surface area contributed by atoms with Crippen LogP contribution in [0.4, 0.5) is 0 Å². The summed E-state index contributed by atoms with van der Waals surface area (Å²) in [6, 6.07) is 4.05. The zero-order valence-corrected chi connectivity index (χ0v) is 9.26. The average molecular weight is 285 g/mol. The van der Waals surface area contributed by atoms with E-state index in [9.17, 15) is 0 Å². The molecule has 0 aliphatic carbocycles. The molecular formula is C9H8IN3. The lowest BCUT2D eigenvalue weighted by Crippen LogP contribution is -1.85. The predicted molar refractivity (Wildman–Crippen MR) is 59.6 cm³/mol. The minimum Gasteiger partial charge on any atom is -0.271 e. The topological polar surface area (TPSA) is 30.7 Å². The van der Waals surface area contributed by atoms with E-state index >= 15 is 0 Å². The highest BCUT2D eigenvalue weighted by atomic mass is 127. The number of hydrogen-bond donors (Lipinski definition) is 0. The fourth-order valence-electron chi connectivity index (χ4n) is 1.10. The highest BCUT2D eigenvalue weighted by molar-refractivity contribution is 14.1. The summed E-state index contributed by atoms with van der Waals surface area (Å²) in [6.45, 7) is 1.98. The van der Waals surface area contributed by atoms with E-state index < -0.39 is 0 Å².